The predicted octanol–water partition coefficient (Wildman–Crippen LogP) is 1.20. The van der Waals surface area contributed by atoms with Crippen LogP contribution in [0.1, 0.15) is 32.3 Å². The minimum atomic E-state index is -0.743. The average Bonchev–Trinajstić information content (AvgIpc) is 2.45. The highest BCUT2D eigenvalue weighted by molar-refractivity contribution is 5.72. The van der Waals surface area contributed by atoms with E-state index in [9.17, 15) is 9.59 Å². The molecule has 0 saturated carbocycles. The summed E-state index contributed by atoms with van der Waals surface area (Å²) in [5.74, 6) is -0.171. The smallest absolute Gasteiger partial charge is 0.396 e. The Labute approximate surface area is 82.1 Å². The van der Waals surface area contributed by atoms with Crippen LogP contribution in [0.2, 0.25) is 0 Å². The van der Waals surface area contributed by atoms with Crippen LogP contribution in [0, 0.1) is 6.92 Å². The minimum Gasteiger partial charge on any atom is -0.396 e. The lowest BCUT2D eigenvalue weighted by Gasteiger charge is -1.96. The third-order valence-corrected chi connectivity index (χ3v) is 1.33. The van der Waals surface area contributed by atoms with Crippen molar-refractivity contribution in [1.82, 2.24) is 5.32 Å². The predicted molar refractivity (Wildman–Crippen MR) is 50.8 cm³/mol. The zero-order valence-corrected chi connectivity index (χ0v) is 8.84. The van der Waals surface area contributed by atoms with Crippen LogP contribution in [0.3, 0.4) is 0 Å². The molecule has 0 radical (unpaired) electrons. The van der Waals surface area contributed by atoms with Gasteiger partial charge in [-0.25, -0.2) is 4.79 Å². The highest BCUT2D eigenvalue weighted by Gasteiger charge is 2.07. The van der Waals surface area contributed by atoms with Gasteiger partial charge in [-0.3, -0.25) is 4.79 Å². The summed E-state index contributed by atoms with van der Waals surface area (Å²) < 4.78 is 9.20. The molecule has 1 amide bonds. The van der Waals surface area contributed by atoms with Crippen LogP contribution in [0.5, 0.6) is 0 Å². The third kappa shape index (κ3) is 3.93. The van der Waals surface area contributed by atoms with Gasteiger partial charge >= 0.3 is 5.82 Å². The lowest BCUT2D eigenvalue weighted by molar-refractivity contribution is -0.119. The van der Waals surface area contributed by atoms with Gasteiger partial charge in [0.25, 0.3) is 0 Å². The van der Waals surface area contributed by atoms with Crippen LogP contribution in [-0.2, 0) is 11.3 Å². The zero-order valence-electron chi connectivity index (χ0n) is 8.84. The molecule has 14 heavy (non-hydrogen) atoms. The van der Waals surface area contributed by atoms with Crippen molar-refractivity contribution < 1.29 is 13.6 Å². The fourth-order valence-corrected chi connectivity index (χ4v) is 0.741. The normalized spacial score (nSPS) is 8.86. The van der Waals surface area contributed by atoms with Gasteiger partial charge in [-0.2, -0.15) is 0 Å². The fraction of sp³-hybridized carbons (Fsp3) is 0.556. The van der Waals surface area contributed by atoms with Gasteiger partial charge in [-0.05, 0) is 6.92 Å². The van der Waals surface area contributed by atoms with Gasteiger partial charge in [0.05, 0.1) is 6.54 Å². The highest BCUT2D eigenvalue weighted by atomic mass is 16.6. The van der Waals surface area contributed by atoms with Crippen molar-refractivity contribution in [2.24, 2.45) is 0 Å². The molecule has 1 aromatic rings. The summed E-state index contributed by atoms with van der Waals surface area (Å²) in [6.07, 6.45) is 0. The first-order chi connectivity index (χ1) is 6.59. The lowest BCUT2D eigenvalue weighted by atomic mass is 10.4. The summed E-state index contributed by atoms with van der Waals surface area (Å²) >= 11 is 0. The Morgan fingerprint density at radius 1 is 1.36 bits per heavy atom. The molecule has 0 fully saturated rings. The van der Waals surface area contributed by atoms with Crippen molar-refractivity contribution in [3.8, 4) is 0 Å². The van der Waals surface area contributed by atoms with Gasteiger partial charge in [-0.15, -0.1) is 0 Å². The second kappa shape index (κ2) is 6.01. The quantitative estimate of drug-likeness (QED) is 0.780. The van der Waals surface area contributed by atoms with E-state index in [4.69, 9.17) is 0 Å². The molecule has 5 heteroatoms. The molecule has 0 aliphatic carbocycles. The molecule has 1 N–H and O–H groups in total. The Morgan fingerprint density at radius 3 is 2.29 bits per heavy atom. The Kier molecular flexibility index (Phi) is 5.36. The van der Waals surface area contributed by atoms with Gasteiger partial charge in [-0.1, -0.05) is 13.8 Å². The van der Waals surface area contributed by atoms with Crippen LogP contribution in [0.4, 0.5) is 0 Å². The fourth-order valence-electron chi connectivity index (χ4n) is 0.741. The summed E-state index contributed by atoms with van der Waals surface area (Å²) in [6.45, 7) is 7.17. The molecule has 80 valence electrons. The molecule has 0 unspecified atom stereocenters. The molecule has 0 bridgehead atoms. The summed E-state index contributed by atoms with van der Waals surface area (Å²) in [5, 5.41) is 2.48. The number of carbonyl (C=O) groups excluding carboxylic acids is 1. The molecule has 5 nitrogen and oxygen atoms in total. The number of carbonyl (C=O) groups is 1. The molecule has 1 heterocycles. The number of hydrogen-bond acceptors (Lipinski definition) is 4. The first kappa shape index (κ1) is 12.5. The van der Waals surface area contributed by atoms with E-state index in [1.54, 1.807) is 6.92 Å². The number of amides is 1. The Hall–Kier alpha value is -1.52. The zero-order chi connectivity index (χ0) is 11.1. The van der Waals surface area contributed by atoms with Crippen molar-refractivity contribution in [3.05, 3.63) is 22.1 Å². The molecule has 0 aliphatic rings. The van der Waals surface area contributed by atoms with Crippen molar-refractivity contribution in [1.29, 1.82) is 0 Å². The van der Waals surface area contributed by atoms with Crippen LogP contribution >= 0.6 is 0 Å². The van der Waals surface area contributed by atoms with Gasteiger partial charge in [0.1, 0.15) is 5.76 Å². The number of aryl methyl sites for hydroxylation is 1. The second-order valence-electron chi connectivity index (χ2n) is 2.34. The van der Waals surface area contributed by atoms with Gasteiger partial charge in [0.2, 0.25) is 5.91 Å². The molecular formula is C9H15NO4. The number of rotatable bonds is 2. The average molecular weight is 201 g/mol. The van der Waals surface area contributed by atoms with Crippen molar-refractivity contribution in [2.45, 2.75) is 34.2 Å². The monoisotopic (exact) mass is 201 g/mol. The first-order valence-electron chi connectivity index (χ1n) is 4.43. The Balaban J connectivity index is 0.000000791. The molecule has 0 saturated heterocycles. The lowest BCUT2D eigenvalue weighted by Crippen LogP contribution is -2.19. The molecular weight excluding hydrogens is 186 g/mol. The maximum Gasteiger partial charge on any atom is 0.519 e. The van der Waals surface area contributed by atoms with E-state index < -0.39 is 5.82 Å². The summed E-state index contributed by atoms with van der Waals surface area (Å²) in [5.41, 5.74) is 0. The largest absolute Gasteiger partial charge is 0.519 e. The molecule has 0 spiro atoms. The molecule has 0 aromatic carbocycles. The van der Waals surface area contributed by atoms with E-state index in [2.05, 4.69) is 14.2 Å². The molecule has 0 atom stereocenters. The van der Waals surface area contributed by atoms with E-state index in [-0.39, 0.29) is 12.5 Å². The molecule has 1 rings (SSSR count). The van der Waals surface area contributed by atoms with Gasteiger partial charge < -0.3 is 14.2 Å². The van der Waals surface area contributed by atoms with E-state index in [0.717, 1.165) is 0 Å². The summed E-state index contributed by atoms with van der Waals surface area (Å²) in [6, 6.07) is 0. The van der Waals surface area contributed by atoms with Crippen LogP contribution in [0.25, 0.3) is 0 Å². The number of hydrogen-bond donors (Lipinski definition) is 1. The van der Waals surface area contributed by atoms with E-state index in [0.29, 0.717) is 11.5 Å². The second-order valence-corrected chi connectivity index (χ2v) is 2.34. The van der Waals surface area contributed by atoms with E-state index in [1.807, 2.05) is 13.8 Å². The number of nitrogens with one attached hydrogen (secondary N) is 1. The SMILES string of the molecule is CC.CC(=O)NCc1oc(=O)oc1C. The van der Waals surface area contributed by atoms with E-state index >= 15 is 0 Å². The van der Waals surface area contributed by atoms with Crippen LogP contribution in [-0.4, -0.2) is 5.91 Å². The van der Waals surface area contributed by atoms with Crippen LogP contribution < -0.4 is 11.1 Å². The van der Waals surface area contributed by atoms with Gasteiger partial charge in [0.15, 0.2) is 5.76 Å². The Bertz CT molecular complexity index is 337. The van der Waals surface area contributed by atoms with Crippen LogP contribution in [0.15, 0.2) is 13.6 Å². The molecule has 0 aliphatic heterocycles. The summed E-state index contributed by atoms with van der Waals surface area (Å²) in [4.78, 5) is 21.0. The van der Waals surface area contributed by atoms with Crippen molar-refractivity contribution in [2.75, 3.05) is 0 Å². The van der Waals surface area contributed by atoms with Crippen molar-refractivity contribution >= 4 is 5.91 Å². The summed E-state index contributed by atoms with van der Waals surface area (Å²) in [7, 11) is 0. The standard InChI is InChI=1S/C7H9NO4.C2H6/c1-4-6(3-8-5(2)9)12-7(10)11-4;1-2/h3H2,1-2H3,(H,8,9);1-2H3. The van der Waals surface area contributed by atoms with E-state index in [1.165, 1.54) is 6.92 Å². The third-order valence-electron chi connectivity index (χ3n) is 1.33. The van der Waals surface area contributed by atoms with Gasteiger partial charge in [0, 0.05) is 6.92 Å². The maximum atomic E-state index is 10.5. The molecule has 1 aromatic heterocycles. The first-order valence-corrected chi connectivity index (χ1v) is 4.43. The highest BCUT2D eigenvalue weighted by Crippen LogP contribution is 2.03. The van der Waals surface area contributed by atoms with Crippen molar-refractivity contribution in [3.63, 3.8) is 0 Å². The topological polar surface area (TPSA) is 72.5 Å². The Morgan fingerprint density at radius 2 is 1.93 bits per heavy atom. The maximum absolute atomic E-state index is 10.5. The minimum absolute atomic E-state index is 0.182.